The van der Waals surface area contributed by atoms with Gasteiger partial charge in [-0.1, -0.05) is 11.6 Å². The number of amides is 1. The van der Waals surface area contributed by atoms with E-state index in [1.165, 1.54) is 0 Å². The maximum Gasteiger partial charge on any atom is 0.256 e. The Kier molecular flexibility index (Phi) is 4.01. The number of nitrogens with zero attached hydrogens (tertiary/aromatic N) is 1. The molecule has 0 spiro atoms. The van der Waals surface area contributed by atoms with Crippen molar-refractivity contribution in [2.24, 2.45) is 0 Å². The van der Waals surface area contributed by atoms with Crippen LogP contribution in [0.4, 0.5) is 5.69 Å². The summed E-state index contributed by atoms with van der Waals surface area (Å²) in [6.07, 6.45) is -0.353. The van der Waals surface area contributed by atoms with Crippen molar-refractivity contribution in [2.45, 2.75) is 32.5 Å². The first-order valence-corrected chi connectivity index (χ1v) is 6.76. The number of morpholine rings is 1. The van der Waals surface area contributed by atoms with Crippen molar-refractivity contribution < 1.29 is 14.6 Å². The Bertz CT molecular complexity index is 514. The molecule has 1 aromatic carbocycles. The van der Waals surface area contributed by atoms with Gasteiger partial charge in [0, 0.05) is 18.8 Å². The number of aryl methyl sites for hydroxylation is 1. The average molecular weight is 278 g/mol. The van der Waals surface area contributed by atoms with Crippen LogP contribution in [0.1, 0.15) is 29.8 Å². The number of carbonyl (C=O) groups is 1. The third-order valence-corrected chi connectivity index (χ3v) is 3.41. The normalized spacial score (nSPS) is 21.8. The minimum Gasteiger partial charge on any atom is -0.398 e. The summed E-state index contributed by atoms with van der Waals surface area (Å²) in [6, 6.07) is 5.43. The molecule has 0 bridgehead atoms. The first-order valence-electron chi connectivity index (χ1n) is 6.76. The minimum absolute atomic E-state index is 0.101. The van der Waals surface area contributed by atoms with Crippen molar-refractivity contribution in [3.63, 3.8) is 0 Å². The smallest absolute Gasteiger partial charge is 0.256 e. The van der Waals surface area contributed by atoms with E-state index < -0.39 is 5.60 Å². The number of carbonyl (C=O) groups excluding carboxylic acids is 1. The lowest BCUT2D eigenvalue weighted by Crippen LogP contribution is -2.55. The van der Waals surface area contributed by atoms with Crippen LogP contribution in [0, 0.1) is 6.92 Å². The van der Waals surface area contributed by atoms with Gasteiger partial charge in [0.05, 0.1) is 23.9 Å². The Morgan fingerprint density at radius 2 is 2.25 bits per heavy atom. The van der Waals surface area contributed by atoms with E-state index in [1.807, 2.05) is 26.8 Å². The zero-order valence-electron chi connectivity index (χ0n) is 12.2. The summed E-state index contributed by atoms with van der Waals surface area (Å²) in [6.45, 7) is 6.51. The summed E-state index contributed by atoms with van der Waals surface area (Å²) in [5.41, 5.74) is 7.42. The number of hydrogen-bond acceptors (Lipinski definition) is 4. The molecular formula is C15H22N2O3. The van der Waals surface area contributed by atoms with Crippen molar-refractivity contribution in [3.8, 4) is 0 Å². The van der Waals surface area contributed by atoms with Crippen LogP contribution in [-0.2, 0) is 4.74 Å². The first-order chi connectivity index (χ1) is 9.32. The standard InChI is InChI=1S/C15H22N2O3/c1-10-4-5-13(16)12(6-10)14(19)17-7-11(8-18)20-15(2,3)9-17/h4-6,11,18H,7-9,16H2,1-3H3. The minimum atomic E-state index is -0.472. The second-order valence-corrected chi connectivity index (χ2v) is 5.96. The molecule has 0 aliphatic carbocycles. The molecule has 5 heteroatoms. The Balaban J connectivity index is 2.25. The highest BCUT2D eigenvalue weighted by Gasteiger charge is 2.35. The summed E-state index contributed by atoms with van der Waals surface area (Å²) >= 11 is 0. The number of nitrogen functional groups attached to an aromatic ring is 1. The molecule has 1 aromatic rings. The van der Waals surface area contributed by atoms with Crippen LogP contribution >= 0.6 is 0 Å². The monoisotopic (exact) mass is 278 g/mol. The SMILES string of the molecule is Cc1ccc(N)c(C(=O)N2CC(CO)OC(C)(C)C2)c1. The van der Waals surface area contributed by atoms with Crippen LogP contribution in [0.5, 0.6) is 0 Å². The molecule has 1 aliphatic rings. The molecule has 2 rings (SSSR count). The molecule has 1 aliphatic heterocycles. The lowest BCUT2D eigenvalue weighted by molar-refractivity contribution is -0.139. The third-order valence-electron chi connectivity index (χ3n) is 3.41. The lowest BCUT2D eigenvalue weighted by Gasteiger charge is -2.42. The molecule has 1 fully saturated rings. The average Bonchev–Trinajstić information content (AvgIpc) is 2.38. The second kappa shape index (κ2) is 5.42. The molecule has 1 amide bonds. The van der Waals surface area contributed by atoms with Gasteiger partial charge in [-0.25, -0.2) is 0 Å². The molecule has 3 N–H and O–H groups in total. The predicted octanol–water partition coefficient (Wildman–Crippen LogP) is 1.19. The third kappa shape index (κ3) is 3.11. The summed E-state index contributed by atoms with van der Waals surface area (Å²) in [5.74, 6) is -0.110. The van der Waals surface area contributed by atoms with Gasteiger partial charge in [0.25, 0.3) is 5.91 Å². The van der Waals surface area contributed by atoms with E-state index in [1.54, 1.807) is 17.0 Å². The van der Waals surface area contributed by atoms with Gasteiger partial charge in [0.15, 0.2) is 0 Å². The van der Waals surface area contributed by atoms with E-state index in [0.29, 0.717) is 24.3 Å². The summed E-state index contributed by atoms with van der Waals surface area (Å²) in [5, 5.41) is 9.30. The van der Waals surface area contributed by atoms with Crippen LogP contribution < -0.4 is 5.73 Å². The van der Waals surface area contributed by atoms with Crippen LogP contribution in [0.25, 0.3) is 0 Å². The van der Waals surface area contributed by atoms with Crippen LogP contribution in [0.2, 0.25) is 0 Å². The summed E-state index contributed by atoms with van der Waals surface area (Å²) in [4.78, 5) is 14.3. The molecule has 0 saturated carbocycles. The molecule has 5 nitrogen and oxygen atoms in total. The fraction of sp³-hybridized carbons (Fsp3) is 0.533. The number of rotatable bonds is 2. The second-order valence-electron chi connectivity index (χ2n) is 5.96. The highest BCUT2D eigenvalue weighted by atomic mass is 16.5. The maximum absolute atomic E-state index is 12.6. The Morgan fingerprint density at radius 1 is 1.55 bits per heavy atom. The van der Waals surface area contributed by atoms with E-state index in [2.05, 4.69) is 0 Å². The zero-order valence-corrected chi connectivity index (χ0v) is 12.2. The molecule has 0 aromatic heterocycles. The van der Waals surface area contributed by atoms with E-state index in [-0.39, 0.29) is 18.6 Å². The van der Waals surface area contributed by atoms with Crippen LogP contribution in [-0.4, -0.2) is 47.3 Å². The van der Waals surface area contributed by atoms with Gasteiger partial charge in [0.2, 0.25) is 0 Å². The number of hydrogen-bond donors (Lipinski definition) is 2. The Labute approximate surface area is 119 Å². The van der Waals surface area contributed by atoms with Crippen LogP contribution in [0.15, 0.2) is 18.2 Å². The number of ether oxygens (including phenoxy) is 1. The van der Waals surface area contributed by atoms with Crippen molar-refractivity contribution in [2.75, 3.05) is 25.4 Å². The van der Waals surface area contributed by atoms with Gasteiger partial charge in [-0.05, 0) is 32.9 Å². The number of nitrogens with two attached hydrogens (primary N) is 1. The quantitative estimate of drug-likeness (QED) is 0.797. The molecule has 1 unspecified atom stereocenters. The fourth-order valence-electron chi connectivity index (χ4n) is 2.57. The van der Waals surface area contributed by atoms with E-state index in [0.717, 1.165) is 5.56 Å². The molecule has 110 valence electrons. The highest BCUT2D eigenvalue weighted by Crippen LogP contribution is 2.24. The maximum atomic E-state index is 12.6. The van der Waals surface area contributed by atoms with Gasteiger partial charge < -0.3 is 20.5 Å². The largest absolute Gasteiger partial charge is 0.398 e. The molecule has 0 radical (unpaired) electrons. The Morgan fingerprint density at radius 3 is 2.90 bits per heavy atom. The van der Waals surface area contributed by atoms with Gasteiger partial charge in [-0.3, -0.25) is 4.79 Å². The summed E-state index contributed by atoms with van der Waals surface area (Å²) in [7, 11) is 0. The van der Waals surface area contributed by atoms with E-state index >= 15 is 0 Å². The van der Waals surface area contributed by atoms with Crippen molar-refractivity contribution in [1.82, 2.24) is 4.90 Å². The van der Waals surface area contributed by atoms with Gasteiger partial charge >= 0.3 is 0 Å². The van der Waals surface area contributed by atoms with E-state index in [4.69, 9.17) is 10.5 Å². The molecule has 20 heavy (non-hydrogen) atoms. The van der Waals surface area contributed by atoms with E-state index in [9.17, 15) is 9.90 Å². The molecule has 1 saturated heterocycles. The number of anilines is 1. The highest BCUT2D eigenvalue weighted by molar-refractivity contribution is 5.99. The number of aliphatic hydroxyl groups is 1. The molecular weight excluding hydrogens is 256 g/mol. The number of aliphatic hydroxyl groups excluding tert-OH is 1. The van der Waals surface area contributed by atoms with Crippen molar-refractivity contribution in [3.05, 3.63) is 29.3 Å². The first kappa shape index (κ1) is 14.8. The Hall–Kier alpha value is -1.59. The lowest BCUT2D eigenvalue weighted by atomic mass is 10.0. The predicted molar refractivity (Wildman–Crippen MR) is 77.5 cm³/mol. The number of benzene rings is 1. The van der Waals surface area contributed by atoms with Crippen LogP contribution in [0.3, 0.4) is 0 Å². The zero-order chi connectivity index (χ0) is 14.9. The van der Waals surface area contributed by atoms with Gasteiger partial charge in [-0.15, -0.1) is 0 Å². The molecule has 1 heterocycles. The fourth-order valence-corrected chi connectivity index (χ4v) is 2.57. The topological polar surface area (TPSA) is 75.8 Å². The van der Waals surface area contributed by atoms with Gasteiger partial charge in [0.1, 0.15) is 0 Å². The van der Waals surface area contributed by atoms with Crippen molar-refractivity contribution in [1.29, 1.82) is 0 Å². The summed E-state index contributed by atoms with van der Waals surface area (Å²) < 4.78 is 5.72. The molecule has 1 atom stereocenters. The van der Waals surface area contributed by atoms with Gasteiger partial charge in [-0.2, -0.15) is 0 Å². The van der Waals surface area contributed by atoms with Crippen molar-refractivity contribution >= 4 is 11.6 Å².